The molecule has 0 aliphatic carbocycles. The molecular formula is C57H88O51. The first-order valence-electron chi connectivity index (χ1n) is 33.2. The predicted octanol–water partition coefficient (Wildman–Crippen LogP) is -19.5. The molecule has 622 valence electrons. The largest absolute Gasteiger partial charge is 0.479 e. The van der Waals surface area contributed by atoms with Crippen molar-refractivity contribution in [1.82, 2.24) is 0 Å². The van der Waals surface area contributed by atoms with Gasteiger partial charge in [-0.3, -0.25) is 0 Å². The van der Waals surface area contributed by atoms with Gasteiger partial charge in [-0.1, -0.05) is 0 Å². The molecule has 28 N–H and O–H groups in total. The second-order valence-corrected chi connectivity index (χ2v) is 26.8. The third kappa shape index (κ3) is 17.3. The number of carboxylic acid groups (broad SMARTS) is 4. The SMILES string of the molecule is CC1(C(=O)O)OC[C@H]2O[C@H](O[C@H]3[C@H](O)[C@@H](O)[C@H](O[C@@H]4[C@@H](O)[C@H](O[C@H]5[C@H](O)[C@@H](O)[C@H](O[C@H]6[C@H](O)[C@@H](O)[C@H](OC[C@H]7OC(O)[C@H](O)[C@@H](O)[C@@H]7O[C@@H]7O[C@H](CO)[C@@H](O[C@@H]8O[C@H](C(=O)O)[C@@H](O[C@@H]9O[C@H](C(=O)O)[C@@H](O)[C@H](O)[C@H]9O)[C@H](O)[C@H]8O)[C@H](O)[C@H]7O)O[C@@H]6CO)O[C@@H]5CO)O[C@H](CO)[C@H]4O)O[C@@H]3C(=O)O)[C@H](O)[C@@H](O)[C@H]2O1. The van der Waals surface area contributed by atoms with Gasteiger partial charge in [-0.25, -0.2) is 19.2 Å². The molecule has 0 aromatic heterocycles. The summed E-state index contributed by atoms with van der Waals surface area (Å²) in [7, 11) is 0. The van der Waals surface area contributed by atoms with Gasteiger partial charge in [0.25, 0.3) is 5.79 Å². The van der Waals surface area contributed by atoms with E-state index in [-0.39, 0.29) is 0 Å². The molecule has 0 spiro atoms. The first kappa shape index (κ1) is 86.6. The van der Waals surface area contributed by atoms with Crippen molar-refractivity contribution in [3.05, 3.63) is 0 Å². The summed E-state index contributed by atoms with van der Waals surface area (Å²) in [5, 5.41) is 302. The summed E-state index contributed by atoms with van der Waals surface area (Å²) in [6.07, 6.45) is -98.3. The molecule has 108 heavy (non-hydrogen) atoms. The highest BCUT2D eigenvalue weighted by Gasteiger charge is 2.62. The second kappa shape index (κ2) is 35.5. The number of fused-ring (bicyclic) bond motifs is 1. The highest BCUT2D eigenvalue weighted by molar-refractivity contribution is 5.75. The van der Waals surface area contributed by atoms with Crippen molar-refractivity contribution in [3.63, 3.8) is 0 Å². The Morgan fingerprint density at radius 3 is 1.06 bits per heavy atom. The number of rotatable bonds is 25. The molecule has 0 aromatic rings. The van der Waals surface area contributed by atoms with E-state index in [1.165, 1.54) is 0 Å². The minimum atomic E-state index is -2.45. The second-order valence-electron chi connectivity index (χ2n) is 26.8. The van der Waals surface area contributed by atoms with Crippen LogP contribution >= 0.6 is 0 Å². The summed E-state index contributed by atoms with van der Waals surface area (Å²) >= 11 is 0. The van der Waals surface area contributed by atoms with Gasteiger partial charge in [0.2, 0.25) is 0 Å². The van der Waals surface area contributed by atoms with Crippen molar-refractivity contribution >= 4 is 23.9 Å². The summed E-state index contributed by atoms with van der Waals surface area (Å²) in [5.41, 5.74) is 0. The van der Waals surface area contributed by atoms with Gasteiger partial charge in [0.1, 0.15) is 201 Å². The van der Waals surface area contributed by atoms with Gasteiger partial charge in [0, 0.05) is 6.92 Å². The highest BCUT2D eigenvalue weighted by Crippen LogP contribution is 2.41. The number of aliphatic hydroxyl groups is 24. The van der Waals surface area contributed by atoms with Crippen LogP contribution in [0.4, 0.5) is 0 Å². The Morgan fingerprint density at radius 1 is 0.315 bits per heavy atom. The van der Waals surface area contributed by atoms with Gasteiger partial charge in [-0.15, -0.1) is 0 Å². The topological polar surface area (TPSA) is 810 Å². The molecular weight excluding hydrogens is 1500 g/mol. The lowest BCUT2D eigenvalue weighted by atomic mass is 9.95. The van der Waals surface area contributed by atoms with E-state index < -0.39 is 346 Å². The van der Waals surface area contributed by atoms with Crippen LogP contribution in [0.2, 0.25) is 0 Å². The number of aliphatic hydroxyl groups excluding tert-OH is 24. The molecule has 0 amide bonds. The Morgan fingerprint density at radius 2 is 0.639 bits per heavy atom. The van der Waals surface area contributed by atoms with E-state index in [0.29, 0.717) is 0 Å². The maximum Gasteiger partial charge on any atom is 0.364 e. The Hall–Kier alpha value is -3.84. The van der Waals surface area contributed by atoms with Gasteiger partial charge in [0.05, 0.1) is 39.6 Å². The molecule has 0 aromatic carbocycles. The van der Waals surface area contributed by atoms with E-state index in [1.54, 1.807) is 0 Å². The summed E-state index contributed by atoms with van der Waals surface area (Å²) in [6.45, 7) is -5.31. The van der Waals surface area contributed by atoms with Gasteiger partial charge in [-0.05, 0) is 0 Å². The van der Waals surface area contributed by atoms with Gasteiger partial charge < -0.3 is 233 Å². The van der Waals surface area contributed by atoms with Crippen LogP contribution in [0.3, 0.4) is 0 Å². The van der Waals surface area contributed by atoms with Crippen LogP contribution in [0.1, 0.15) is 6.92 Å². The fraction of sp³-hybridized carbons (Fsp3) is 0.930. The highest BCUT2D eigenvalue weighted by atomic mass is 16.8. The van der Waals surface area contributed by atoms with Crippen molar-refractivity contribution in [2.45, 2.75) is 289 Å². The number of ether oxygens (including phenoxy) is 19. The maximum atomic E-state index is 12.6. The molecule has 10 aliphatic heterocycles. The van der Waals surface area contributed by atoms with E-state index >= 15 is 0 Å². The van der Waals surface area contributed by atoms with Crippen molar-refractivity contribution < 1.29 is 252 Å². The number of carbonyl (C=O) groups is 4. The van der Waals surface area contributed by atoms with Gasteiger partial charge >= 0.3 is 23.9 Å². The number of carboxylic acids is 4. The smallest absolute Gasteiger partial charge is 0.364 e. The molecule has 51 nitrogen and oxygen atoms in total. The molecule has 10 fully saturated rings. The summed E-state index contributed by atoms with van der Waals surface area (Å²) < 4.78 is 104. The Balaban J connectivity index is 0.739. The Bertz CT molecular complexity index is 2960. The fourth-order valence-corrected chi connectivity index (χ4v) is 13.6. The monoisotopic (exact) mass is 1590 g/mol. The van der Waals surface area contributed by atoms with E-state index in [1.807, 2.05) is 0 Å². The summed E-state index contributed by atoms with van der Waals surface area (Å²) in [4.78, 5) is 48.4. The molecule has 10 aliphatic rings. The van der Waals surface area contributed by atoms with Crippen LogP contribution in [-0.2, 0) is 109 Å². The van der Waals surface area contributed by atoms with Crippen molar-refractivity contribution in [2.24, 2.45) is 0 Å². The third-order valence-corrected chi connectivity index (χ3v) is 19.7. The van der Waals surface area contributed by atoms with Gasteiger partial charge in [0.15, 0.2) is 74.9 Å². The zero-order valence-corrected chi connectivity index (χ0v) is 55.6. The summed E-state index contributed by atoms with van der Waals surface area (Å²) in [5.74, 6) is -9.70. The van der Waals surface area contributed by atoms with Crippen molar-refractivity contribution in [1.29, 1.82) is 0 Å². The maximum absolute atomic E-state index is 12.6. The Labute approximate surface area is 603 Å². The zero-order chi connectivity index (χ0) is 79.5. The van der Waals surface area contributed by atoms with E-state index in [2.05, 4.69) is 0 Å². The molecule has 0 radical (unpaired) electrons. The van der Waals surface area contributed by atoms with E-state index in [0.717, 1.165) is 6.92 Å². The first-order valence-corrected chi connectivity index (χ1v) is 33.2. The fourth-order valence-electron chi connectivity index (χ4n) is 13.6. The molecule has 10 heterocycles. The van der Waals surface area contributed by atoms with Crippen LogP contribution in [0, 0.1) is 0 Å². The molecule has 0 bridgehead atoms. The Kier molecular flexibility index (Phi) is 28.5. The normalized spacial score (nSPS) is 52.4. The first-order chi connectivity index (χ1) is 50.8. The third-order valence-electron chi connectivity index (χ3n) is 19.7. The van der Waals surface area contributed by atoms with Crippen LogP contribution in [0.5, 0.6) is 0 Å². The minimum absolute atomic E-state index is 0.585. The lowest BCUT2D eigenvalue weighted by Gasteiger charge is -2.50. The van der Waals surface area contributed by atoms with Crippen LogP contribution < -0.4 is 0 Å². The van der Waals surface area contributed by atoms with Crippen LogP contribution in [-0.4, -0.2) is 489 Å². The van der Waals surface area contributed by atoms with Crippen molar-refractivity contribution in [3.8, 4) is 0 Å². The van der Waals surface area contributed by atoms with E-state index in [9.17, 15) is 162 Å². The number of hydrogen-bond donors (Lipinski definition) is 28. The number of aliphatic carboxylic acids is 4. The van der Waals surface area contributed by atoms with Crippen LogP contribution in [0.25, 0.3) is 0 Å². The zero-order valence-electron chi connectivity index (χ0n) is 55.6. The molecule has 46 atom stereocenters. The lowest BCUT2D eigenvalue weighted by molar-refractivity contribution is -0.402. The average Bonchev–Trinajstić information content (AvgIpc) is 0.770. The molecule has 2 unspecified atom stereocenters. The molecule has 51 heteroatoms. The quantitative estimate of drug-likeness (QED) is 0.0404. The summed E-state index contributed by atoms with van der Waals surface area (Å²) in [6, 6.07) is 0. The molecule has 10 saturated heterocycles. The predicted molar refractivity (Wildman–Crippen MR) is 312 cm³/mol. The van der Waals surface area contributed by atoms with Gasteiger partial charge in [-0.2, -0.15) is 0 Å². The van der Waals surface area contributed by atoms with Crippen LogP contribution in [0.15, 0.2) is 0 Å². The average molecular weight is 1590 g/mol. The minimum Gasteiger partial charge on any atom is -0.479 e. The number of hydrogen-bond acceptors (Lipinski definition) is 47. The molecule has 0 saturated carbocycles. The van der Waals surface area contributed by atoms with E-state index in [4.69, 9.17) is 90.0 Å². The molecule has 10 rings (SSSR count). The lowest BCUT2D eigenvalue weighted by Crippen LogP contribution is -2.69. The van der Waals surface area contributed by atoms with Crippen molar-refractivity contribution in [2.75, 3.05) is 39.6 Å². The standard InChI is InChI=1S/C57H88O51/c1-57(56(88)89)91-7-13-37(108-57)21(69)29(77)51(97-13)103-39-23(71)31(79)54(107-42(39)45(83)84)102-38-14(62)8(2-58)93-55(32(38)80)100-35-11(5-61)95-49(27(75)20(35)68)98-33-9(3-59)94-48(26(74)18(33)66)90-6-12-36(17(65)24(72)47(87)92-12)101-50-28(76)19(67)34(10(4-60)96-50)99-53-30(78)22(70)40(43(106-53)46(85)86)104-52-25(73)15(63)16(64)41(105-52)44(81)82/h8-43,47-55,58-80,87H,2-7H2,1H3,(H,81,82)(H,83,84)(H,85,86)(H,88,89)/t8-,9-,10-,11-,12-,13-,14-,15+,16+,17-,18-,19-,20-,21-,22-,23-,24-,25-,26-,27-,28-,29-,30-,31-,32-,33-,34-,35-,36-,37+,38+,39+,40+,41+,42+,43+,47?,48-,49+,50+,51-,52-,53-,54-,55+,57?/m1/s1.